The Morgan fingerprint density at radius 3 is 3.08 bits per heavy atom. The van der Waals surface area contributed by atoms with Gasteiger partial charge in [-0.05, 0) is 24.5 Å². The fourth-order valence-electron chi connectivity index (χ4n) is 0.870. The lowest BCUT2D eigenvalue weighted by atomic mass is 9.88. The smallest absolute Gasteiger partial charge is 0.373 e. The first-order chi connectivity index (χ1) is 5.68. The summed E-state index contributed by atoms with van der Waals surface area (Å²) in [4.78, 5) is 3.85. The lowest BCUT2D eigenvalue weighted by molar-refractivity contribution is 0.554. The van der Waals surface area contributed by atoms with Crippen molar-refractivity contribution in [2.75, 3.05) is 5.73 Å². The van der Waals surface area contributed by atoms with E-state index in [1.165, 1.54) is 0 Å². The zero-order valence-corrected chi connectivity index (χ0v) is 6.99. The molecule has 0 unspecified atom stereocenters. The Kier molecular flexibility index (Phi) is 3.07. The van der Waals surface area contributed by atoms with Crippen LogP contribution in [0.1, 0.15) is 5.56 Å². The third-order valence-electron chi connectivity index (χ3n) is 1.45. The third-order valence-corrected chi connectivity index (χ3v) is 1.45. The van der Waals surface area contributed by atoms with Crippen molar-refractivity contribution in [1.29, 1.82) is 0 Å². The van der Waals surface area contributed by atoms with Crippen LogP contribution in [0, 0.1) is 0 Å². The summed E-state index contributed by atoms with van der Waals surface area (Å²) in [7, 11) is -0.501. The highest BCUT2D eigenvalue weighted by molar-refractivity contribution is 6.45. The van der Waals surface area contributed by atoms with Gasteiger partial charge in [0.2, 0.25) is 0 Å². The van der Waals surface area contributed by atoms with Crippen LogP contribution in [0.25, 0.3) is 0 Å². The molecule has 1 rings (SSSR count). The van der Waals surface area contributed by atoms with Gasteiger partial charge in [0, 0.05) is 12.7 Å². The van der Waals surface area contributed by atoms with Gasteiger partial charge in [-0.25, -0.2) is 4.98 Å². The van der Waals surface area contributed by atoms with Crippen molar-refractivity contribution in [3.63, 3.8) is 0 Å². The Balaban J connectivity index is 2.52. The predicted molar refractivity (Wildman–Crippen MR) is 49.3 cm³/mol. The maximum Gasteiger partial charge on any atom is 0.373 e. The standard InChI is InChI=1S/C7H12BN3O/c1-8(12)11-5-6-2-3-10-7(9)4-6/h2-4,11-12H,5H2,1H3,(H2,9,10). The van der Waals surface area contributed by atoms with E-state index in [2.05, 4.69) is 10.2 Å². The van der Waals surface area contributed by atoms with Crippen molar-refractivity contribution >= 4 is 12.9 Å². The molecule has 0 radical (unpaired) electrons. The number of nitrogen functional groups attached to an aromatic ring is 1. The van der Waals surface area contributed by atoms with Crippen molar-refractivity contribution in [2.45, 2.75) is 13.4 Å². The minimum Gasteiger partial charge on any atom is -0.437 e. The monoisotopic (exact) mass is 165 g/mol. The van der Waals surface area contributed by atoms with Crippen molar-refractivity contribution < 1.29 is 5.02 Å². The lowest BCUT2D eigenvalue weighted by Gasteiger charge is -2.04. The quantitative estimate of drug-likeness (QED) is 0.545. The molecular formula is C7H12BN3O. The molecule has 0 fully saturated rings. The Hall–Kier alpha value is -1.07. The van der Waals surface area contributed by atoms with Gasteiger partial charge in [0.15, 0.2) is 0 Å². The van der Waals surface area contributed by atoms with E-state index in [4.69, 9.17) is 10.8 Å². The highest BCUT2D eigenvalue weighted by Gasteiger charge is 2.00. The molecule has 0 aromatic carbocycles. The molecule has 0 aliphatic heterocycles. The van der Waals surface area contributed by atoms with Gasteiger partial charge in [0.25, 0.3) is 0 Å². The van der Waals surface area contributed by atoms with E-state index in [0.717, 1.165) is 5.56 Å². The first kappa shape index (κ1) is 9.03. The third kappa shape index (κ3) is 2.90. The van der Waals surface area contributed by atoms with E-state index >= 15 is 0 Å². The average Bonchev–Trinajstić information content (AvgIpc) is 2.01. The summed E-state index contributed by atoms with van der Waals surface area (Å²) >= 11 is 0. The second-order valence-corrected chi connectivity index (χ2v) is 2.65. The van der Waals surface area contributed by atoms with E-state index in [-0.39, 0.29) is 0 Å². The van der Waals surface area contributed by atoms with Crippen molar-refractivity contribution in [1.82, 2.24) is 10.2 Å². The van der Waals surface area contributed by atoms with Crippen LogP contribution in [0.15, 0.2) is 18.3 Å². The molecule has 0 saturated heterocycles. The Bertz CT molecular complexity index is 254. The van der Waals surface area contributed by atoms with Crippen LogP contribution in [0.3, 0.4) is 0 Å². The molecule has 4 N–H and O–H groups in total. The van der Waals surface area contributed by atoms with Crippen molar-refractivity contribution in [3.05, 3.63) is 23.9 Å². The second-order valence-electron chi connectivity index (χ2n) is 2.65. The lowest BCUT2D eigenvalue weighted by Crippen LogP contribution is -2.29. The summed E-state index contributed by atoms with van der Waals surface area (Å²) < 4.78 is 0. The van der Waals surface area contributed by atoms with E-state index in [0.29, 0.717) is 12.4 Å². The van der Waals surface area contributed by atoms with Crippen LogP contribution < -0.4 is 11.0 Å². The van der Waals surface area contributed by atoms with Gasteiger partial charge in [0.05, 0.1) is 0 Å². The average molecular weight is 165 g/mol. The Morgan fingerprint density at radius 1 is 1.75 bits per heavy atom. The first-order valence-corrected chi connectivity index (χ1v) is 3.80. The number of aromatic nitrogens is 1. The van der Waals surface area contributed by atoms with E-state index in [1.807, 2.05) is 6.07 Å². The first-order valence-electron chi connectivity index (χ1n) is 3.80. The normalized spacial score (nSPS) is 9.83. The molecule has 1 aromatic heterocycles. The number of nitrogens with one attached hydrogen (secondary N) is 1. The summed E-state index contributed by atoms with van der Waals surface area (Å²) in [5, 5.41) is 11.8. The van der Waals surface area contributed by atoms with Gasteiger partial charge in [0.1, 0.15) is 5.82 Å². The van der Waals surface area contributed by atoms with Crippen LogP contribution in [0.2, 0.25) is 6.82 Å². The highest BCUT2D eigenvalue weighted by Crippen LogP contribution is 2.01. The molecule has 12 heavy (non-hydrogen) atoms. The number of pyridine rings is 1. The minimum absolute atomic E-state index is 0.500. The van der Waals surface area contributed by atoms with Gasteiger partial charge in [-0.3, -0.25) is 0 Å². The van der Waals surface area contributed by atoms with Crippen molar-refractivity contribution in [2.24, 2.45) is 0 Å². The molecule has 0 saturated carbocycles. The maximum atomic E-state index is 8.92. The number of hydrogen-bond acceptors (Lipinski definition) is 4. The largest absolute Gasteiger partial charge is 0.437 e. The van der Waals surface area contributed by atoms with Crippen LogP contribution >= 0.6 is 0 Å². The second kappa shape index (κ2) is 4.08. The molecule has 0 spiro atoms. The van der Waals surface area contributed by atoms with Gasteiger partial charge < -0.3 is 16.0 Å². The number of rotatable bonds is 3. The molecule has 0 atom stereocenters. The van der Waals surface area contributed by atoms with Crippen molar-refractivity contribution in [3.8, 4) is 0 Å². The molecular weight excluding hydrogens is 153 g/mol. The van der Waals surface area contributed by atoms with Gasteiger partial charge >= 0.3 is 7.05 Å². The fourth-order valence-corrected chi connectivity index (χ4v) is 0.870. The SMILES string of the molecule is CB(O)NCc1ccnc(N)c1. The van der Waals surface area contributed by atoms with E-state index < -0.39 is 7.05 Å². The summed E-state index contributed by atoms with van der Waals surface area (Å²) in [6.07, 6.45) is 1.65. The summed E-state index contributed by atoms with van der Waals surface area (Å²) in [6, 6.07) is 3.63. The molecule has 64 valence electrons. The molecule has 4 nitrogen and oxygen atoms in total. The van der Waals surface area contributed by atoms with E-state index in [9.17, 15) is 0 Å². The fraction of sp³-hybridized carbons (Fsp3) is 0.286. The molecule has 0 bridgehead atoms. The Labute approximate surface area is 71.9 Å². The maximum absolute atomic E-state index is 8.92. The van der Waals surface area contributed by atoms with E-state index in [1.54, 1.807) is 19.1 Å². The summed E-state index contributed by atoms with van der Waals surface area (Å²) in [6.45, 7) is 2.27. The molecule has 1 heterocycles. The molecule has 0 aliphatic carbocycles. The molecule has 5 heteroatoms. The number of anilines is 1. The number of nitrogens with two attached hydrogens (primary N) is 1. The molecule has 1 aromatic rings. The Morgan fingerprint density at radius 2 is 2.50 bits per heavy atom. The summed E-state index contributed by atoms with van der Waals surface area (Å²) in [5.41, 5.74) is 6.48. The number of hydrogen-bond donors (Lipinski definition) is 3. The van der Waals surface area contributed by atoms with Crippen LogP contribution in [-0.2, 0) is 6.54 Å². The van der Waals surface area contributed by atoms with Gasteiger partial charge in [-0.15, -0.1) is 0 Å². The zero-order chi connectivity index (χ0) is 8.97. The van der Waals surface area contributed by atoms with Crippen LogP contribution in [0.4, 0.5) is 5.82 Å². The molecule has 0 aliphatic rings. The topological polar surface area (TPSA) is 71.2 Å². The molecule has 0 amide bonds. The highest BCUT2D eigenvalue weighted by atomic mass is 16.2. The summed E-state index contributed by atoms with van der Waals surface area (Å²) in [5.74, 6) is 0.500. The number of nitrogens with zero attached hydrogens (tertiary/aromatic N) is 1. The zero-order valence-electron chi connectivity index (χ0n) is 6.99. The van der Waals surface area contributed by atoms with Crippen LogP contribution in [0.5, 0.6) is 0 Å². The van der Waals surface area contributed by atoms with Crippen LogP contribution in [-0.4, -0.2) is 17.1 Å². The minimum atomic E-state index is -0.501. The van der Waals surface area contributed by atoms with Gasteiger partial charge in [-0.1, -0.05) is 0 Å². The predicted octanol–water partition coefficient (Wildman–Crippen LogP) is -0.136. The van der Waals surface area contributed by atoms with Gasteiger partial charge in [-0.2, -0.15) is 0 Å².